The van der Waals surface area contributed by atoms with E-state index >= 15 is 0 Å². The predicted octanol–water partition coefficient (Wildman–Crippen LogP) is 4.07. The predicted molar refractivity (Wildman–Crippen MR) is 127 cm³/mol. The molecule has 1 aliphatic heterocycles. The molecule has 0 unspecified atom stereocenters. The van der Waals surface area contributed by atoms with Crippen LogP contribution in [0.2, 0.25) is 0 Å². The number of benzene rings is 2. The fourth-order valence-electron chi connectivity index (χ4n) is 4.28. The van der Waals surface area contributed by atoms with Gasteiger partial charge in [0.15, 0.2) is 5.78 Å². The van der Waals surface area contributed by atoms with E-state index in [4.69, 9.17) is 0 Å². The number of alkyl halides is 3. The number of hydrogen-bond acceptors (Lipinski definition) is 5. The quantitative estimate of drug-likeness (QED) is 0.468. The normalized spacial score (nSPS) is 15.3. The first-order valence-corrected chi connectivity index (χ1v) is 11.4. The Bertz CT molecular complexity index is 1180. The second-order valence-corrected chi connectivity index (χ2v) is 8.49. The molecular weight excluding hydrogens is 461 g/mol. The Kier molecular flexibility index (Phi) is 7.42. The summed E-state index contributed by atoms with van der Waals surface area (Å²) in [5.41, 5.74) is 3.28. The number of H-pyrrole nitrogens is 1. The number of carbonyl (C=O) groups excluding carboxylic acids is 2. The Labute approximate surface area is 200 Å². The van der Waals surface area contributed by atoms with Gasteiger partial charge in [0.1, 0.15) is 5.75 Å². The summed E-state index contributed by atoms with van der Waals surface area (Å²) in [6, 6.07) is 11.0. The molecule has 0 atom stereocenters. The van der Waals surface area contributed by atoms with E-state index in [1.54, 1.807) is 6.20 Å². The number of hydrogen-bond donors (Lipinski definition) is 2. The largest absolute Gasteiger partial charge is 0.573 e. The van der Waals surface area contributed by atoms with Gasteiger partial charge in [-0.25, -0.2) is 0 Å². The maximum absolute atomic E-state index is 12.9. The van der Waals surface area contributed by atoms with Crippen molar-refractivity contribution in [2.75, 3.05) is 44.6 Å². The summed E-state index contributed by atoms with van der Waals surface area (Å²) in [5.74, 6) is -0.544. The highest BCUT2D eigenvalue weighted by Gasteiger charge is 2.31. The Hall–Kier alpha value is -3.37. The van der Waals surface area contributed by atoms with Crippen LogP contribution in [0.25, 0.3) is 10.9 Å². The van der Waals surface area contributed by atoms with E-state index in [2.05, 4.69) is 32.9 Å². The molecule has 2 N–H and O–H groups in total. The fourth-order valence-corrected chi connectivity index (χ4v) is 4.28. The van der Waals surface area contributed by atoms with Crippen LogP contribution in [0.4, 0.5) is 18.9 Å². The molecule has 0 spiro atoms. The van der Waals surface area contributed by atoms with Crippen LogP contribution in [0, 0.1) is 0 Å². The highest BCUT2D eigenvalue weighted by molar-refractivity contribution is 6.09. The van der Waals surface area contributed by atoms with Gasteiger partial charge >= 0.3 is 6.36 Å². The number of nitrogens with zero attached hydrogens (tertiary/aromatic N) is 2. The van der Waals surface area contributed by atoms with Crippen LogP contribution < -0.4 is 10.1 Å². The summed E-state index contributed by atoms with van der Waals surface area (Å²) < 4.78 is 40.6. The minimum absolute atomic E-state index is 0.0636. The molecule has 0 saturated carbocycles. The molecule has 10 heteroatoms. The van der Waals surface area contributed by atoms with E-state index in [1.807, 2.05) is 17.0 Å². The minimum atomic E-state index is -4.76. The lowest BCUT2D eigenvalue weighted by Crippen LogP contribution is -2.49. The van der Waals surface area contributed by atoms with Gasteiger partial charge in [0.25, 0.3) is 0 Å². The molecule has 35 heavy (non-hydrogen) atoms. The number of amides is 1. The molecule has 1 aliphatic rings. The van der Waals surface area contributed by atoms with Gasteiger partial charge in [0, 0.05) is 54.5 Å². The van der Waals surface area contributed by atoms with Crippen molar-refractivity contribution < 1.29 is 27.5 Å². The van der Waals surface area contributed by atoms with E-state index in [1.165, 1.54) is 17.7 Å². The van der Waals surface area contributed by atoms with Crippen molar-refractivity contribution in [1.82, 2.24) is 14.8 Å². The van der Waals surface area contributed by atoms with Crippen LogP contribution in [-0.4, -0.2) is 72.1 Å². The number of carbonyl (C=O) groups is 2. The molecule has 4 rings (SSSR count). The molecule has 0 bridgehead atoms. The van der Waals surface area contributed by atoms with Crippen molar-refractivity contribution in [2.45, 2.75) is 19.7 Å². The van der Waals surface area contributed by atoms with E-state index < -0.39 is 6.36 Å². The van der Waals surface area contributed by atoms with Crippen LogP contribution in [0.15, 0.2) is 48.7 Å². The molecule has 1 aromatic heterocycles. The number of aromatic amines is 1. The van der Waals surface area contributed by atoms with Crippen molar-refractivity contribution >= 4 is 28.3 Å². The Morgan fingerprint density at radius 2 is 1.66 bits per heavy atom. The van der Waals surface area contributed by atoms with Gasteiger partial charge in [0.2, 0.25) is 5.91 Å². The molecular formula is C25H27F3N4O3. The SMILES string of the molecule is CCc1cccc2c(C(=O)CN3CCN(CC(=O)Nc4ccc(OC(F)(F)F)cc4)CC3)c[nH]c12. The summed E-state index contributed by atoms with van der Waals surface area (Å²) in [7, 11) is 0. The van der Waals surface area contributed by atoms with Crippen molar-refractivity contribution in [3.8, 4) is 5.75 Å². The first kappa shape index (κ1) is 24.7. The van der Waals surface area contributed by atoms with E-state index in [0.29, 0.717) is 44.0 Å². The first-order valence-electron chi connectivity index (χ1n) is 11.4. The summed E-state index contributed by atoms with van der Waals surface area (Å²) in [5, 5.41) is 3.63. The minimum Gasteiger partial charge on any atom is -0.406 e. The van der Waals surface area contributed by atoms with Crippen LogP contribution in [0.1, 0.15) is 22.8 Å². The summed E-state index contributed by atoms with van der Waals surface area (Å²) in [4.78, 5) is 32.6. The van der Waals surface area contributed by atoms with Gasteiger partial charge in [-0.3, -0.25) is 19.4 Å². The lowest BCUT2D eigenvalue weighted by Gasteiger charge is -2.33. The van der Waals surface area contributed by atoms with E-state index in [0.717, 1.165) is 29.5 Å². The number of fused-ring (bicyclic) bond motifs is 1. The zero-order chi connectivity index (χ0) is 25.0. The second kappa shape index (κ2) is 10.5. The number of piperazine rings is 1. The number of rotatable bonds is 8. The van der Waals surface area contributed by atoms with Crippen LogP contribution in [0.3, 0.4) is 0 Å². The van der Waals surface area contributed by atoms with E-state index in [-0.39, 0.29) is 24.0 Å². The number of ketones is 1. The fraction of sp³-hybridized carbons (Fsp3) is 0.360. The zero-order valence-corrected chi connectivity index (χ0v) is 19.3. The van der Waals surface area contributed by atoms with Crippen LogP contribution >= 0.6 is 0 Å². The lowest BCUT2D eigenvalue weighted by atomic mass is 10.0. The number of anilines is 1. The highest BCUT2D eigenvalue weighted by Crippen LogP contribution is 2.24. The maximum atomic E-state index is 12.9. The number of aryl methyl sites for hydroxylation is 1. The molecule has 1 fully saturated rings. The number of para-hydroxylation sites is 1. The molecule has 0 radical (unpaired) electrons. The van der Waals surface area contributed by atoms with Crippen molar-refractivity contribution in [2.24, 2.45) is 0 Å². The monoisotopic (exact) mass is 488 g/mol. The summed E-state index contributed by atoms with van der Waals surface area (Å²) in [6.07, 6.45) is -2.08. The molecule has 2 heterocycles. The van der Waals surface area contributed by atoms with Gasteiger partial charge < -0.3 is 15.0 Å². The van der Waals surface area contributed by atoms with Crippen molar-refractivity contribution in [3.05, 3.63) is 59.8 Å². The van der Waals surface area contributed by atoms with Gasteiger partial charge in [-0.05, 0) is 36.2 Å². The number of nitrogens with one attached hydrogen (secondary N) is 2. The Balaban J connectivity index is 1.24. The number of Topliss-reactive ketones (excluding diaryl/α,β-unsaturated/α-hetero) is 1. The summed E-state index contributed by atoms with van der Waals surface area (Å²) >= 11 is 0. The molecule has 0 aliphatic carbocycles. The molecule has 2 aromatic carbocycles. The average Bonchev–Trinajstić information content (AvgIpc) is 3.25. The molecule has 1 saturated heterocycles. The van der Waals surface area contributed by atoms with Gasteiger partial charge in [-0.1, -0.05) is 25.1 Å². The Morgan fingerprint density at radius 3 is 2.29 bits per heavy atom. The number of ether oxygens (including phenoxy) is 1. The molecule has 1 amide bonds. The topological polar surface area (TPSA) is 77.7 Å². The molecule has 186 valence electrons. The standard InChI is InChI=1S/C25H27F3N4O3/c1-2-17-4-3-5-20-21(14-29-24(17)20)22(33)15-31-10-12-32(13-11-31)16-23(34)30-18-6-8-19(9-7-18)35-25(26,27)28/h3-9,14,29H,2,10-13,15-16H2,1H3,(H,30,34). The second-order valence-electron chi connectivity index (χ2n) is 8.49. The van der Waals surface area contributed by atoms with Crippen molar-refractivity contribution in [3.63, 3.8) is 0 Å². The Morgan fingerprint density at radius 1 is 1.00 bits per heavy atom. The first-order chi connectivity index (χ1) is 16.7. The van der Waals surface area contributed by atoms with Gasteiger partial charge in [0.05, 0.1) is 13.1 Å². The molecule has 3 aromatic rings. The summed E-state index contributed by atoms with van der Waals surface area (Å²) in [6.45, 7) is 5.14. The van der Waals surface area contributed by atoms with E-state index in [9.17, 15) is 22.8 Å². The van der Waals surface area contributed by atoms with Crippen LogP contribution in [0.5, 0.6) is 5.75 Å². The maximum Gasteiger partial charge on any atom is 0.573 e. The van der Waals surface area contributed by atoms with Crippen LogP contribution in [-0.2, 0) is 11.2 Å². The lowest BCUT2D eigenvalue weighted by molar-refractivity contribution is -0.274. The number of aromatic nitrogens is 1. The third kappa shape index (κ3) is 6.40. The third-order valence-corrected chi connectivity index (χ3v) is 6.05. The smallest absolute Gasteiger partial charge is 0.406 e. The van der Waals surface area contributed by atoms with Gasteiger partial charge in [-0.15, -0.1) is 13.2 Å². The number of halogens is 3. The highest BCUT2D eigenvalue weighted by atomic mass is 19.4. The average molecular weight is 489 g/mol. The van der Waals surface area contributed by atoms with Gasteiger partial charge in [-0.2, -0.15) is 0 Å². The van der Waals surface area contributed by atoms with Crippen molar-refractivity contribution in [1.29, 1.82) is 0 Å². The zero-order valence-electron chi connectivity index (χ0n) is 19.3. The molecule has 7 nitrogen and oxygen atoms in total. The third-order valence-electron chi connectivity index (χ3n) is 6.05.